The molecule has 0 heterocycles. The van der Waals surface area contributed by atoms with Gasteiger partial charge in [0.05, 0.1) is 20.8 Å². The van der Waals surface area contributed by atoms with Crippen molar-refractivity contribution < 1.29 is 19.3 Å². The van der Waals surface area contributed by atoms with Gasteiger partial charge in [-0.15, -0.1) is 0 Å². The molecule has 2 aromatic rings. The number of aliphatic hydroxyl groups excluding tert-OH is 1. The molecule has 0 aliphatic carbocycles. The van der Waals surface area contributed by atoms with Crippen molar-refractivity contribution in [3.05, 3.63) is 53.6 Å². The zero-order valence-corrected chi connectivity index (χ0v) is 11.6. The third-order valence-electron chi connectivity index (χ3n) is 3.02. The minimum Gasteiger partial charge on any atom is -0.497 e. The van der Waals surface area contributed by atoms with Crippen molar-refractivity contribution in [2.75, 3.05) is 14.2 Å². The first-order valence-corrected chi connectivity index (χ1v) is 6.31. The number of hydrogen-bond acceptors (Lipinski definition) is 4. The minimum atomic E-state index is -0.0781. The summed E-state index contributed by atoms with van der Waals surface area (Å²) in [5, 5.41) is 9.33. The Kier molecular flexibility index (Phi) is 4.85. The zero-order valence-electron chi connectivity index (χ0n) is 11.6. The minimum absolute atomic E-state index is 0.0781. The van der Waals surface area contributed by atoms with E-state index in [1.54, 1.807) is 32.4 Å². The Morgan fingerprint density at radius 2 is 1.70 bits per heavy atom. The van der Waals surface area contributed by atoms with Crippen LogP contribution in [0.2, 0.25) is 0 Å². The van der Waals surface area contributed by atoms with Gasteiger partial charge in [0.15, 0.2) is 0 Å². The molecule has 0 bridgehead atoms. The highest BCUT2D eigenvalue weighted by Crippen LogP contribution is 2.27. The molecule has 4 heteroatoms. The van der Waals surface area contributed by atoms with Crippen molar-refractivity contribution in [2.24, 2.45) is 0 Å². The summed E-state index contributed by atoms with van der Waals surface area (Å²) < 4.78 is 16.2. The van der Waals surface area contributed by atoms with Gasteiger partial charge in [0.1, 0.15) is 23.9 Å². The Morgan fingerprint density at radius 3 is 2.40 bits per heavy atom. The number of para-hydroxylation sites is 1. The van der Waals surface area contributed by atoms with E-state index in [9.17, 15) is 5.11 Å². The van der Waals surface area contributed by atoms with Crippen LogP contribution in [0.15, 0.2) is 42.5 Å². The van der Waals surface area contributed by atoms with Crippen LogP contribution in [-0.2, 0) is 13.2 Å². The van der Waals surface area contributed by atoms with E-state index in [-0.39, 0.29) is 6.61 Å². The smallest absolute Gasteiger partial charge is 0.129 e. The van der Waals surface area contributed by atoms with Crippen LogP contribution >= 0.6 is 0 Å². The number of hydrogen-bond donors (Lipinski definition) is 1. The Hall–Kier alpha value is -2.20. The number of aliphatic hydroxyl groups is 1. The van der Waals surface area contributed by atoms with Crippen LogP contribution in [0, 0.1) is 0 Å². The molecule has 20 heavy (non-hydrogen) atoms. The van der Waals surface area contributed by atoms with Crippen LogP contribution in [0.3, 0.4) is 0 Å². The highest BCUT2D eigenvalue weighted by atomic mass is 16.5. The van der Waals surface area contributed by atoms with E-state index in [0.29, 0.717) is 18.1 Å². The molecule has 2 rings (SSSR count). The molecule has 0 saturated heterocycles. The molecular weight excluding hydrogens is 256 g/mol. The summed E-state index contributed by atoms with van der Waals surface area (Å²) in [7, 11) is 3.22. The second-order valence-electron chi connectivity index (χ2n) is 4.23. The van der Waals surface area contributed by atoms with Gasteiger partial charge in [-0.3, -0.25) is 0 Å². The van der Waals surface area contributed by atoms with E-state index >= 15 is 0 Å². The second-order valence-corrected chi connectivity index (χ2v) is 4.23. The summed E-state index contributed by atoms with van der Waals surface area (Å²) in [5.41, 5.74) is 1.67. The van der Waals surface area contributed by atoms with Crippen molar-refractivity contribution in [2.45, 2.75) is 13.2 Å². The van der Waals surface area contributed by atoms with Crippen LogP contribution in [0.4, 0.5) is 0 Å². The molecule has 0 radical (unpaired) electrons. The molecule has 4 nitrogen and oxygen atoms in total. The van der Waals surface area contributed by atoms with Gasteiger partial charge in [0.25, 0.3) is 0 Å². The molecule has 106 valence electrons. The van der Waals surface area contributed by atoms with Crippen molar-refractivity contribution in [1.29, 1.82) is 0 Å². The average molecular weight is 274 g/mol. The van der Waals surface area contributed by atoms with E-state index < -0.39 is 0 Å². The summed E-state index contributed by atoms with van der Waals surface area (Å²) in [5.74, 6) is 2.08. The van der Waals surface area contributed by atoms with Gasteiger partial charge in [-0.1, -0.05) is 18.2 Å². The van der Waals surface area contributed by atoms with E-state index in [4.69, 9.17) is 14.2 Å². The van der Waals surface area contributed by atoms with E-state index in [1.807, 2.05) is 24.3 Å². The fourth-order valence-corrected chi connectivity index (χ4v) is 1.90. The third-order valence-corrected chi connectivity index (χ3v) is 3.02. The molecule has 0 atom stereocenters. The van der Waals surface area contributed by atoms with Crippen molar-refractivity contribution >= 4 is 0 Å². The summed E-state index contributed by atoms with van der Waals surface area (Å²) in [4.78, 5) is 0. The number of methoxy groups -OCH3 is 2. The van der Waals surface area contributed by atoms with Crippen LogP contribution < -0.4 is 14.2 Å². The van der Waals surface area contributed by atoms with Crippen molar-refractivity contribution in [3.8, 4) is 17.2 Å². The molecule has 2 aromatic carbocycles. The number of ether oxygens (including phenoxy) is 3. The summed E-state index contributed by atoms with van der Waals surface area (Å²) in [6.45, 7) is 0.287. The molecule has 0 fully saturated rings. The SMILES string of the molecule is COc1ccc(CO)c(OCc2ccccc2OC)c1. The van der Waals surface area contributed by atoms with Crippen LogP contribution in [0.1, 0.15) is 11.1 Å². The van der Waals surface area contributed by atoms with E-state index in [1.165, 1.54) is 0 Å². The Balaban J connectivity index is 2.17. The first kappa shape index (κ1) is 14.2. The lowest BCUT2D eigenvalue weighted by atomic mass is 10.2. The maximum atomic E-state index is 9.33. The fraction of sp³-hybridized carbons (Fsp3) is 0.250. The lowest BCUT2D eigenvalue weighted by Gasteiger charge is -2.13. The summed E-state index contributed by atoms with van der Waals surface area (Å²) in [6, 6.07) is 13.0. The standard InChI is InChI=1S/C16H18O4/c1-18-14-8-7-12(10-17)16(9-14)20-11-13-5-3-4-6-15(13)19-2/h3-9,17H,10-11H2,1-2H3. The summed E-state index contributed by atoms with van der Waals surface area (Å²) in [6.07, 6.45) is 0. The molecular formula is C16H18O4. The highest BCUT2D eigenvalue weighted by Gasteiger charge is 2.07. The van der Waals surface area contributed by atoms with Gasteiger partial charge in [-0.2, -0.15) is 0 Å². The maximum absolute atomic E-state index is 9.33. The molecule has 0 aliphatic heterocycles. The first-order valence-electron chi connectivity index (χ1n) is 6.31. The number of rotatable bonds is 6. The van der Waals surface area contributed by atoms with Gasteiger partial charge in [0.2, 0.25) is 0 Å². The normalized spacial score (nSPS) is 10.2. The zero-order chi connectivity index (χ0) is 14.4. The number of benzene rings is 2. The predicted octanol–water partition coefficient (Wildman–Crippen LogP) is 2.78. The van der Waals surface area contributed by atoms with Gasteiger partial charge in [-0.05, 0) is 18.2 Å². The van der Waals surface area contributed by atoms with Gasteiger partial charge in [0, 0.05) is 17.2 Å². The Bertz CT molecular complexity index is 566. The van der Waals surface area contributed by atoms with Gasteiger partial charge >= 0.3 is 0 Å². The summed E-state index contributed by atoms with van der Waals surface area (Å²) >= 11 is 0. The largest absolute Gasteiger partial charge is 0.497 e. The molecule has 0 aliphatic rings. The third kappa shape index (κ3) is 3.22. The second kappa shape index (κ2) is 6.82. The van der Waals surface area contributed by atoms with Crippen LogP contribution in [-0.4, -0.2) is 19.3 Å². The average Bonchev–Trinajstić information content (AvgIpc) is 2.52. The van der Waals surface area contributed by atoms with E-state index in [0.717, 1.165) is 16.9 Å². The monoisotopic (exact) mass is 274 g/mol. The molecule has 0 saturated carbocycles. The van der Waals surface area contributed by atoms with E-state index in [2.05, 4.69) is 0 Å². The lowest BCUT2D eigenvalue weighted by Crippen LogP contribution is -2.01. The Labute approximate surface area is 118 Å². The molecule has 0 unspecified atom stereocenters. The van der Waals surface area contributed by atoms with Gasteiger partial charge < -0.3 is 19.3 Å². The maximum Gasteiger partial charge on any atom is 0.129 e. The van der Waals surface area contributed by atoms with Crippen LogP contribution in [0.5, 0.6) is 17.2 Å². The fourth-order valence-electron chi connectivity index (χ4n) is 1.90. The lowest BCUT2D eigenvalue weighted by molar-refractivity contribution is 0.256. The molecule has 0 amide bonds. The van der Waals surface area contributed by atoms with Crippen molar-refractivity contribution in [1.82, 2.24) is 0 Å². The molecule has 0 aromatic heterocycles. The topological polar surface area (TPSA) is 47.9 Å². The first-order chi connectivity index (χ1) is 9.78. The Morgan fingerprint density at radius 1 is 0.900 bits per heavy atom. The van der Waals surface area contributed by atoms with Crippen molar-refractivity contribution in [3.63, 3.8) is 0 Å². The molecule has 1 N–H and O–H groups in total. The van der Waals surface area contributed by atoms with Crippen LogP contribution in [0.25, 0.3) is 0 Å². The highest BCUT2D eigenvalue weighted by molar-refractivity contribution is 5.41. The molecule has 0 spiro atoms. The predicted molar refractivity (Wildman–Crippen MR) is 76.2 cm³/mol. The quantitative estimate of drug-likeness (QED) is 0.880. The van der Waals surface area contributed by atoms with Gasteiger partial charge in [-0.25, -0.2) is 0 Å².